The Morgan fingerprint density at radius 2 is 2.26 bits per heavy atom. The lowest BCUT2D eigenvalue weighted by atomic mass is 10.1. The van der Waals surface area contributed by atoms with Crippen molar-refractivity contribution < 1.29 is 4.79 Å². The maximum Gasteiger partial charge on any atom is 0.252 e. The molecule has 0 saturated carbocycles. The number of H-pyrrole nitrogens is 1. The zero-order valence-electron chi connectivity index (χ0n) is 12.7. The summed E-state index contributed by atoms with van der Waals surface area (Å²) >= 11 is 0. The first-order valence-corrected chi connectivity index (χ1v) is 6.99. The molecule has 2 N–H and O–H groups in total. The van der Waals surface area contributed by atoms with E-state index in [9.17, 15) is 4.79 Å². The fourth-order valence-electron chi connectivity index (χ4n) is 2.42. The molecule has 0 aromatic carbocycles. The Hall–Kier alpha value is -3.28. The highest BCUT2D eigenvalue weighted by Gasteiger charge is 2.14. The zero-order valence-corrected chi connectivity index (χ0v) is 12.7. The minimum Gasteiger partial charge on any atom is -0.335 e. The van der Waals surface area contributed by atoms with E-state index in [1.807, 2.05) is 19.9 Å². The summed E-state index contributed by atoms with van der Waals surface area (Å²) in [4.78, 5) is 27.1. The van der Waals surface area contributed by atoms with Crippen LogP contribution >= 0.6 is 0 Å². The highest BCUT2D eigenvalue weighted by Crippen LogP contribution is 2.15. The van der Waals surface area contributed by atoms with Crippen molar-refractivity contribution in [3.63, 3.8) is 0 Å². The molecule has 3 heterocycles. The normalized spacial score (nSPS) is 10.7. The molecule has 0 bridgehead atoms. The molecule has 0 spiro atoms. The molecule has 0 aliphatic carbocycles. The number of nitrogens with zero attached hydrogens (tertiary/aromatic N) is 6. The monoisotopic (exact) mass is 310 g/mol. The van der Waals surface area contributed by atoms with Gasteiger partial charge >= 0.3 is 0 Å². The van der Waals surface area contributed by atoms with Crippen LogP contribution in [0.25, 0.3) is 5.78 Å². The molecule has 0 unspecified atom stereocenters. The molecule has 23 heavy (non-hydrogen) atoms. The summed E-state index contributed by atoms with van der Waals surface area (Å²) in [6, 6.07) is 1.93. The van der Waals surface area contributed by atoms with Crippen LogP contribution in [0, 0.1) is 25.2 Å². The van der Waals surface area contributed by atoms with E-state index >= 15 is 0 Å². The minimum atomic E-state index is -0.217. The number of nitrogens with one attached hydrogen (secondary N) is 2. The van der Waals surface area contributed by atoms with E-state index in [0.29, 0.717) is 12.2 Å². The number of anilines is 1. The molecule has 9 heteroatoms. The van der Waals surface area contributed by atoms with Crippen molar-refractivity contribution >= 4 is 17.5 Å². The molecular formula is C14H14N8O. The smallest absolute Gasteiger partial charge is 0.252 e. The fraction of sp³-hybridized carbons (Fsp3) is 0.286. The Balaban J connectivity index is 1.73. The summed E-state index contributed by atoms with van der Waals surface area (Å²) in [6.45, 7) is 3.81. The number of rotatable bonds is 4. The van der Waals surface area contributed by atoms with Gasteiger partial charge in [-0.05, 0) is 25.8 Å². The van der Waals surface area contributed by atoms with Crippen LogP contribution in [-0.4, -0.2) is 35.5 Å². The van der Waals surface area contributed by atoms with Gasteiger partial charge in [0.25, 0.3) is 5.78 Å². The molecular weight excluding hydrogens is 296 g/mol. The predicted molar refractivity (Wildman–Crippen MR) is 80.5 cm³/mol. The second-order valence-corrected chi connectivity index (χ2v) is 5.02. The quantitative estimate of drug-likeness (QED) is 0.737. The Morgan fingerprint density at radius 3 is 3.04 bits per heavy atom. The molecule has 116 valence electrons. The summed E-state index contributed by atoms with van der Waals surface area (Å²) in [5.41, 5.74) is 2.93. The van der Waals surface area contributed by atoms with Gasteiger partial charge < -0.3 is 10.3 Å². The lowest BCUT2D eigenvalue weighted by Gasteiger charge is -2.10. The summed E-state index contributed by atoms with van der Waals surface area (Å²) in [5.74, 6) is 0.574. The number of carbonyl (C=O) groups is 1. The summed E-state index contributed by atoms with van der Waals surface area (Å²) in [6.07, 6.45) is 3.58. The van der Waals surface area contributed by atoms with Gasteiger partial charge in [-0.2, -0.15) is 15.3 Å². The number of amides is 1. The van der Waals surface area contributed by atoms with Crippen molar-refractivity contribution in [2.45, 2.75) is 26.7 Å². The van der Waals surface area contributed by atoms with Crippen LogP contribution in [0.3, 0.4) is 0 Å². The molecule has 0 atom stereocenters. The van der Waals surface area contributed by atoms with Gasteiger partial charge in [0, 0.05) is 17.8 Å². The van der Waals surface area contributed by atoms with Crippen LogP contribution in [0.15, 0.2) is 12.7 Å². The van der Waals surface area contributed by atoms with Crippen molar-refractivity contribution in [2.75, 3.05) is 5.32 Å². The van der Waals surface area contributed by atoms with E-state index in [-0.39, 0.29) is 23.8 Å². The van der Waals surface area contributed by atoms with E-state index in [1.165, 1.54) is 12.7 Å². The van der Waals surface area contributed by atoms with Crippen molar-refractivity contribution in [1.29, 1.82) is 5.26 Å². The van der Waals surface area contributed by atoms with Gasteiger partial charge in [-0.25, -0.2) is 14.5 Å². The number of aryl methyl sites for hydroxylation is 2. The third-order valence-electron chi connectivity index (χ3n) is 3.60. The Kier molecular flexibility index (Phi) is 3.72. The Labute approximate surface area is 131 Å². The van der Waals surface area contributed by atoms with Crippen LogP contribution < -0.4 is 5.32 Å². The molecule has 0 aliphatic heterocycles. The van der Waals surface area contributed by atoms with Crippen LogP contribution in [-0.2, 0) is 11.2 Å². The minimum absolute atomic E-state index is 0.217. The highest BCUT2D eigenvalue weighted by molar-refractivity contribution is 5.90. The fourth-order valence-corrected chi connectivity index (χ4v) is 2.42. The average Bonchev–Trinajstić information content (AvgIpc) is 3.15. The maximum atomic E-state index is 12.1. The van der Waals surface area contributed by atoms with Crippen molar-refractivity contribution in [3.05, 3.63) is 35.3 Å². The molecule has 3 aromatic rings. The summed E-state index contributed by atoms with van der Waals surface area (Å²) < 4.78 is 1.65. The van der Waals surface area contributed by atoms with E-state index in [0.717, 1.165) is 17.0 Å². The predicted octanol–water partition coefficient (Wildman–Crippen LogP) is 0.907. The molecule has 3 rings (SSSR count). The molecule has 0 aliphatic rings. The van der Waals surface area contributed by atoms with Crippen LogP contribution in [0.4, 0.5) is 5.82 Å². The van der Waals surface area contributed by atoms with Crippen LogP contribution in [0.1, 0.15) is 29.1 Å². The van der Waals surface area contributed by atoms with E-state index in [4.69, 9.17) is 5.26 Å². The molecule has 0 fully saturated rings. The molecule has 1 amide bonds. The van der Waals surface area contributed by atoms with E-state index < -0.39 is 0 Å². The standard InChI is InChI=1S/C14H14N8O/c1-8-10(9(2)22-14(20-8)18-7-19-22)3-4-12(23)21-13-11(5-15)16-6-17-13/h6-7H,3-4H2,1-2H3,(H,16,17)(H,21,23). The van der Waals surface area contributed by atoms with Gasteiger partial charge in [0.1, 0.15) is 12.4 Å². The maximum absolute atomic E-state index is 12.1. The topological polar surface area (TPSA) is 125 Å². The van der Waals surface area contributed by atoms with E-state index in [2.05, 4.69) is 30.4 Å². The second-order valence-electron chi connectivity index (χ2n) is 5.02. The molecule has 0 saturated heterocycles. The lowest BCUT2D eigenvalue weighted by molar-refractivity contribution is -0.116. The third kappa shape index (κ3) is 2.74. The van der Waals surface area contributed by atoms with Crippen LogP contribution in [0.2, 0.25) is 0 Å². The largest absolute Gasteiger partial charge is 0.335 e. The Bertz CT molecular complexity index is 917. The van der Waals surface area contributed by atoms with Gasteiger partial charge in [0.15, 0.2) is 11.5 Å². The van der Waals surface area contributed by atoms with Gasteiger partial charge in [-0.15, -0.1) is 0 Å². The number of aromatic amines is 1. The van der Waals surface area contributed by atoms with E-state index in [1.54, 1.807) is 4.52 Å². The number of hydrogen-bond donors (Lipinski definition) is 2. The van der Waals surface area contributed by atoms with Crippen LogP contribution in [0.5, 0.6) is 0 Å². The first kappa shape index (κ1) is 14.6. The SMILES string of the molecule is Cc1nc2ncnn2c(C)c1CCC(=O)Nc1nc[nH]c1C#N. The Morgan fingerprint density at radius 1 is 1.43 bits per heavy atom. The average molecular weight is 310 g/mol. The third-order valence-corrected chi connectivity index (χ3v) is 3.60. The zero-order chi connectivity index (χ0) is 16.4. The van der Waals surface area contributed by atoms with Gasteiger partial charge in [0.2, 0.25) is 5.91 Å². The van der Waals surface area contributed by atoms with Crippen molar-refractivity contribution in [2.24, 2.45) is 0 Å². The molecule has 9 nitrogen and oxygen atoms in total. The number of hydrogen-bond acceptors (Lipinski definition) is 6. The summed E-state index contributed by atoms with van der Waals surface area (Å²) in [7, 11) is 0. The van der Waals surface area contributed by atoms with Gasteiger partial charge in [-0.1, -0.05) is 0 Å². The highest BCUT2D eigenvalue weighted by atomic mass is 16.1. The van der Waals surface area contributed by atoms with Gasteiger partial charge in [-0.3, -0.25) is 4.79 Å². The number of fused-ring (bicyclic) bond motifs is 1. The number of aromatic nitrogens is 6. The number of nitriles is 1. The molecule has 3 aromatic heterocycles. The second kappa shape index (κ2) is 5.84. The van der Waals surface area contributed by atoms with Crippen molar-refractivity contribution in [1.82, 2.24) is 29.5 Å². The number of carbonyl (C=O) groups excluding carboxylic acids is 1. The first-order chi connectivity index (χ1) is 11.1. The first-order valence-electron chi connectivity index (χ1n) is 6.99. The van der Waals surface area contributed by atoms with Crippen molar-refractivity contribution in [3.8, 4) is 6.07 Å². The lowest BCUT2D eigenvalue weighted by Crippen LogP contribution is -2.15. The van der Waals surface area contributed by atoms with Gasteiger partial charge in [0.05, 0.1) is 6.33 Å². The number of imidazole rings is 1. The molecule has 0 radical (unpaired) electrons. The summed E-state index contributed by atoms with van der Waals surface area (Å²) in [5, 5.41) is 15.6.